The number of ketones is 1. The van der Waals surface area contributed by atoms with Gasteiger partial charge in [-0.25, -0.2) is 13.1 Å². The predicted molar refractivity (Wildman–Crippen MR) is 79.0 cm³/mol. The molecule has 0 saturated heterocycles. The van der Waals surface area contributed by atoms with Gasteiger partial charge in [-0.1, -0.05) is 23.9 Å². The van der Waals surface area contributed by atoms with Crippen molar-refractivity contribution in [2.24, 2.45) is 0 Å². The number of carbonyl (C=O) groups excluding carboxylic acids is 2. The van der Waals surface area contributed by atoms with Gasteiger partial charge in [0.05, 0.1) is 10.6 Å². The number of carbonyl (C=O) groups is 2. The molecule has 1 heterocycles. The molecule has 8 nitrogen and oxygen atoms in total. The number of Topliss-reactive ketones (excluding diaryl/α,β-unsaturated/α-hetero) is 1. The maximum atomic E-state index is 12.0. The van der Waals surface area contributed by atoms with E-state index in [2.05, 4.69) is 19.4 Å². The fourth-order valence-electron chi connectivity index (χ4n) is 1.47. The molecule has 0 bridgehead atoms. The molecule has 1 aromatic carbocycles. The van der Waals surface area contributed by atoms with Gasteiger partial charge in [-0.05, 0) is 17.3 Å². The number of nitrogens with zero attached hydrogens (tertiary/aromatic N) is 2. The topological polar surface area (TPSA) is 119 Å². The number of hydrogen-bond donors (Lipinski definition) is 1. The normalized spacial score (nSPS) is 11.1. The summed E-state index contributed by atoms with van der Waals surface area (Å²) in [4.78, 5) is 26.1. The van der Waals surface area contributed by atoms with Crippen molar-refractivity contribution >= 4 is 38.6 Å². The van der Waals surface area contributed by atoms with Gasteiger partial charge < -0.3 is 4.52 Å². The lowest BCUT2D eigenvalue weighted by Crippen LogP contribution is -2.14. The standard InChI is InChI=1S/C12H11N3O5S2/c1-8(16)21-6-11(17)9-2-4-10(5-3-9)22(18,19)15-12-13-7-20-14-12/h2-5,7H,6H2,1H3,(H,14,15). The van der Waals surface area contributed by atoms with E-state index in [1.165, 1.54) is 31.2 Å². The highest BCUT2D eigenvalue weighted by molar-refractivity contribution is 8.14. The van der Waals surface area contributed by atoms with Gasteiger partial charge in [-0.3, -0.25) is 9.59 Å². The van der Waals surface area contributed by atoms with E-state index in [0.29, 0.717) is 5.56 Å². The second-order valence-electron chi connectivity index (χ2n) is 4.09. The molecule has 1 aromatic heterocycles. The Morgan fingerprint density at radius 2 is 1.95 bits per heavy atom. The molecule has 2 rings (SSSR count). The summed E-state index contributed by atoms with van der Waals surface area (Å²) in [6.45, 7) is 1.37. The number of aromatic nitrogens is 2. The lowest BCUT2D eigenvalue weighted by atomic mass is 10.1. The Morgan fingerprint density at radius 1 is 1.27 bits per heavy atom. The summed E-state index contributed by atoms with van der Waals surface area (Å²) in [6.07, 6.45) is 0.992. The molecule has 0 saturated carbocycles. The van der Waals surface area contributed by atoms with Gasteiger partial charge in [0.2, 0.25) is 6.39 Å². The summed E-state index contributed by atoms with van der Waals surface area (Å²) in [5, 5.41) is 3.19. The van der Waals surface area contributed by atoms with E-state index in [-0.39, 0.29) is 27.5 Å². The molecule has 0 atom stereocenters. The molecule has 2 aromatic rings. The average molecular weight is 341 g/mol. The van der Waals surface area contributed by atoms with Crippen molar-refractivity contribution < 1.29 is 22.5 Å². The Morgan fingerprint density at radius 3 is 2.50 bits per heavy atom. The summed E-state index contributed by atoms with van der Waals surface area (Å²) in [6, 6.07) is 5.34. The van der Waals surface area contributed by atoms with E-state index in [1.54, 1.807) is 0 Å². The van der Waals surface area contributed by atoms with Crippen LogP contribution in [0.5, 0.6) is 0 Å². The van der Waals surface area contributed by atoms with Crippen LogP contribution in [0.25, 0.3) is 0 Å². The minimum absolute atomic E-state index is 0.0164. The maximum Gasteiger partial charge on any atom is 0.277 e. The van der Waals surface area contributed by atoms with Crippen LogP contribution in [0.1, 0.15) is 17.3 Å². The largest absolute Gasteiger partial charge is 0.341 e. The SMILES string of the molecule is CC(=O)SCC(=O)c1ccc(S(=O)(=O)Nc2ncon2)cc1. The van der Waals surface area contributed by atoms with Crippen molar-refractivity contribution in [3.63, 3.8) is 0 Å². The van der Waals surface area contributed by atoms with E-state index in [9.17, 15) is 18.0 Å². The molecular weight excluding hydrogens is 330 g/mol. The van der Waals surface area contributed by atoms with Crippen molar-refractivity contribution in [1.29, 1.82) is 0 Å². The smallest absolute Gasteiger partial charge is 0.277 e. The Balaban J connectivity index is 2.11. The summed E-state index contributed by atoms with van der Waals surface area (Å²) in [7, 11) is -3.86. The predicted octanol–water partition coefficient (Wildman–Crippen LogP) is 1.33. The monoisotopic (exact) mass is 341 g/mol. The zero-order valence-electron chi connectivity index (χ0n) is 11.3. The van der Waals surface area contributed by atoms with Crippen molar-refractivity contribution in [3.8, 4) is 0 Å². The highest BCUT2D eigenvalue weighted by Crippen LogP contribution is 2.15. The Kier molecular flexibility index (Phi) is 4.93. The van der Waals surface area contributed by atoms with Gasteiger partial charge in [0.25, 0.3) is 16.0 Å². The number of rotatable bonds is 6. The number of anilines is 1. The summed E-state index contributed by atoms with van der Waals surface area (Å²) in [5.74, 6) is -0.420. The molecule has 10 heteroatoms. The number of sulfonamides is 1. The van der Waals surface area contributed by atoms with Crippen LogP contribution in [-0.4, -0.2) is 35.2 Å². The summed E-state index contributed by atoms with van der Waals surface area (Å²) in [5.41, 5.74) is 0.326. The Labute approximate surface area is 130 Å². The van der Waals surface area contributed by atoms with E-state index in [0.717, 1.165) is 18.2 Å². The fraction of sp³-hybridized carbons (Fsp3) is 0.167. The van der Waals surface area contributed by atoms with Gasteiger partial charge in [0.15, 0.2) is 10.9 Å². The third-order valence-electron chi connectivity index (χ3n) is 2.48. The zero-order valence-corrected chi connectivity index (χ0v) is 13.0. The molecule has 0 fully saturated rings. The van der Waals surface area contributed by atoms with Gasteiger partial charge in [-0.2, -0.15) is 4.98 Å². The first kappa shape index (κ1) is 16.2. The van der Waals surface area contributed by atoms with Crippen LogP contribution < -0.4 is 4.72 Å². The van der Waals surface area contributed by atoms with Crippen LogP contribution in [0.4, 0.5) is 5.95 Å². The summed E-state index contributed by atoms with van der Waals surface area (Å²) < 4.78 is 30.6. The molecule has 0 aliphatic carbocycles. The van der Waals surface area contributed by atoms with Crippen LogP contribution >= 0.6 is 11.8 Å². The van der Waals surface area contributed by atoms with Crippen LogP contribution in [0, 0.1) is 0 Å². The highest BCUT2D eigenvalue weighted by Gasteiger charge is 2.17. The summed E-state index contributed by atoms with van der Waals surface area (Å²) >= 11 is 0.901. The van der Waals surface area contributed by atoms with Crippen LogP contribution in [-0.2, 0) is 14.8 Å². The van der Waals surface area contributed by atoms with Crippen molar-refractivity contribution in [3.05, 3.63) is 36.2 Å². The van der Waals surface area contributed by atoms with Gasteiger partial charge in [0, 0.05) is 12.5 Å². The van der Waals surface area contributed by atoms with Crippen molar-refractivity contribution in [2.75, 3.05) is 10.5 Å². The van der Waals surface area contributed by atoms with E-state index >= 15 is 0 Å². The first-order valence-corrected chi connectivity index (χ1v) is 8.41. The maximum absolute atomic E-state index is 12.0. The van der Waals surface area contributed by atoms with E-state index in [1.807, 2.05) is 0 Å². The van der Waals surface area contributed by atoms with E-state index < -0.39 is 10.0 Å². The minimum Gasteiger partial charge on any atom is -0.341 e. The Bertz CT molecular complexity index is 770. The molecule has 0 spiro atoms. The molecule has 0 radical (unpaired) electrons. The van der Waals surface area contributed by atoms with Crippen molar-refractivity contribution in [2.45, 2.75) is 11.8 Å². The second kappa shape index (κ2) is 6.71. The average Bonchev–Trinajstić information content (AvgIpc) is 2.97. The third-order valence-corrected chi connectivity index (χ3v) is 4.64. The van der Waals surface area contributed by atoms with E-state index in [4.69, 9.17) is 0 Å². The van der Waals surface area contributed by atoms with Gasteiger partial charge in [0.1, 0.15) is 0 Å². The number of thioether (sulfide) groups is 1. The minimum atomic E-state index is -3.86. The van der Waals surface area contributed by atoms with Crippen LogP contribution in [0.2, 0.25) is 0 Å². The van der Waals surface area contributed by atoms with Crippen molar-refractivity contribution in [1.82, 2.24) is 10.1 Å². The molecule has 22 heavy (non-hydrogen) atoms. The molecule has 1 N–H and O–H groups in total. The molecule has 0 aliphatic heterocycles. The second-order valence-corrected chi connectivity index (χ2v) is 6.92. The molecular formula is C12H11N3O5S2. The first-order valence-electron chi connectivity index (χ1n) is 5.94. The molecule has 0 amide bonds. The number of hydrogen-bond acceptors (Lipinski definition) is 8. The van der Waals surface area contributed by atoms with Gasteiger partial charge >= 0.3 is 0 Å². The molecule has 0 unspecified atom stereocenters. The molecule has 0 aliphatic rings. The van der Waals surface area contributed by atoms with Gasteiger partial charge in [-0.15, -0.1) is 0 Å². The quantitative estimate of drug-likeness (QED) is 0.782. The highest BCUT2D eigenvalue weighted by atomic mass is 32.2. The number of benzene rings is 1. The third kappa shape index (κ3) is 4.15. The molecule has 116 valence electrons. The first-order chi connectivity index (χ1) is 10.4. The van der Waals surface area contributed by atoms with Crippen LogP contribution in [0.3, 0.4) is 0 Å². The lowest BCUT2D eigenvalue weighted by Gasteiger charge is -2.05. The Hall–Kier alpha value is -2.20. The lowest BCUT2D eigenvalue weighted by molar-refractivity contribution is -0.109. The fourth-order valence-corrected chi connectivity index (χ4v) is 2.91. The zero-order chi connectivity index (χ0) is 16.2. The number of nitrogens with one attached hydrogen (secondary N) is 1. The van der Waals surface area contributed by atoms with Crippen LogP contribution in [0.15, 0.2) is 40.1 Å².